The minimum Gasteiger partial charge on any atom is -0.324 e. The van der Waals surface area contributed by atoms with E-state index in [0.29, 0.717) is 29.9 Å². The fourth-order valence-electron chi connectivity index (χ4n) is 2.83. The van der Waals surface area contributed by atoms with Gasteiger partial charge in [0.05, 0.1) is 22.7 Å². The average molecular weight is 339 g/mol. The van der Waals surface area contributed by atoms with Crippen LogP contribution in [-0.2, 0) is 16.0 Å². The molecule has 7 nitrogen and oxygen atoms in total. The summed E-state index contributed by atoms with van der Waals surface area (Å²) in [5.41, 5.74) is 1.95. The van der Waals surface area contributed by atoms with Gasteiger partial charge in [0, 0.05) is 25.1 Å². The lowest BCUT2D eigenvalue weighted by Gasteiger charge is -2.20. The Labute approximate surface area is 144 Å². The van der Waals surface area contributed by atoms with Crippen molar-refractivity contribution in [1.29, 1.82) is 0 Å². The molecular formula is C18H17N3O4. The van der Waals surface area contributed by atoms with Crippen molar-refractivity contribution in [2.24, 2.45) is 0 Å². The van der Waals surface area contributed by atoms with Gasteiger partial charge in [-0.1, -0.05) is 24.3 Å². The van der Waals surface area contributed by atoms with Gasteiger partial charge in [0.15, 0.2) is 0 Å². The van der Waals surface area contributed by atoms with E-state index in [-0.39, 0.29) is 23.9 Å². The third-order valence-electron chi connectivity index (χ3n) is 4.05. The minimum absolute atomic E-state index is 0.0120. The summed E-state index contributed by atoms with van der Waals surface area (Å²) in [7, 11) is 0. The van der Waals surface area contributed by atoms with Crippen molar-refractivity contribution in [2.75, 3.05) is 16.8 Å². The van der Waals surface area contributed by atoms with Crippen LogP contribution in [-0.4, -0.2) is 23.3 Å². The van der Waals surface area contributed by atoms with Crippen molar-refractivity contribution in [1.82, 2.24) is 0 Å². The van der Waals surface area contributed by atoms with Gasteiger partial charge in [-0.3, -0.25) is 19.7 Å². The van der Waals surface area contributed by atoms with Crippen LogP contribution >= 0.6 is 0 Å². The largest absolute Gasteiger partial charge is 0.324 e. The van der Waals surface area contributed by atoms with Gasteiger partial charge in [-0.15, -0.1) is 0 Å². The lowest BCUT2D eigenvalue weighted by Crippen LogP contribution is -2.25. The fourth-order valence-corrected chi connectivity index (χ4v) is 2.83. The number of nitro benzene ring substituents is 1. The average Bonchev–Trinajstić information content (AvgIpc) is 3.01. The van der Waals surface area contributed by atoms with E-state index in [1.54, 1.807) is 29.2 Å². The van der Waals surface area contributed by atoms with Crippen LogP contribution in [0.1, 0.15) is 18.4 Å². The van der Waals surface area contributed by atoms with Crippen LogP contribution in [0, 0.1) is 10.1 Å². The van der Waals surface area contributed by atoms with Crippen molar-refractivity contribution in [3.05, 3.63) is 64.2 Å². The zero-order chi connectivity index (χ0) is 17.8. The molecular weight excluding hydrogens is 322 g/mol. The van der Waals surface area contributed by atoms with Gasteiger partial charge in [0.25, 0.3) is 5.69 Å². The van der Waals surface area contributed by atoms with Crippen molar-refractivity contribution < 1.29 is 14.5 Å². The number of nitrogens with zero attached hydrogens (tertiary/aromatic N) is 2. The predicted molar refractivity (Wildman–Crippen MR) is 93.5 cm³/mol. The number of benzene rings is 2. The van der Waals surface area contributed by atoms with Gasteiger partial charge in [-0.25, -0.2) is 0 Å². The van der Waals surface area contributed by atoms with Gasteiger partial charge in [0.2, 0.25) is 11.8 Å². The second kappa shape index (κ2) is 7.12. The number of carbonyl (C=O) groups is 2. The molecule has 0 bridgehead atoms. The predicted octanol–water partition coefficient (Wildman–Crippen LogP) is 2.90. The Kier molecular flexibility index (Phi) is 4.74. The van der Waals surface area contributed by atoms with E-state index in [4.69, 9.17) is 0 Å². The number of anilines is 2. The van der Waals surface area contributed by atoms with E-state index in [2.05, 4.69) is 5.32 Å². The fraction of sp³-hybridized carbons (Fsp3) is 0.222. The highest BCUT2D eigenvalue weighted by Crippen LogP contribution is 2.29. The van der Waals surface area contributed by atoms with Gasteiger partial charge >= 0.3 is 0 Å². The lowest BCUT2D eigenvalue weighted by atomic mass is 10.1. The third kappa shape index (κ3) is 3.82. The first-order valence-corrected chi connectivity index (χ1v) is 7.97. The molecule has 2 amide bonds. The Balaban J connectivity index is 1.71. The van der Waals surface area contributed by atoms with Crippen LogP contribution in [0.4, 0.5) is 17.1 Å². The van der Waals surface area contributed by atoms with Gasteiger partial charge in [-0.2, -0.15) is 0 Å². The van der Waals surface area contributed by atoms with E-state index < -0.39 is 4.92 Å². The summed E-state index contributed by atoms with van der Waals surface area (Å²) in [6, 6.07) is 13.1. The number of rotatable bonds is 5. The Morgan fingerprint density at radius 2 is 1.88 bits per heavy atom. The highest BCUT2D eigenvalue weighted by atomic mass is 16.6. The first-order valence-electron chi connectivity index (χ1n) is 7.97. The molecule has 0 unspecified atom stereocenters. The van der Waals surface area contributed by atoms with Gasteiger partial charge < -0.3 is 10.2 Å². The van der Waals surface area contributed by atoms with E-state index in [1.165, 1.54) is 12.1 Å². The maximum absolute atomic E-state index is 12.3. The SMILES string of the molecule is O=C(Cc1ccc([N+](=O)[O-])cc1)Nc1ccccc1N1CCCC1=O. The molecule has 0 atom stereocenters. The second-order valence-electron chi connectivity index (χ2n) is 5.81. The van der Waals surface area contributed by atoms with E-state index >= 15 is 0 Å². The molecule has 1 aliphatic rings. The van der Waals surface area contributed by atoms with Crippen LogP contribution in [0.5, 0.6) is 0 Å². The maximum atomic E-state index is 12.3. The molecule has 0 aliphatic carbocycles. The number of nitrogens with one attached hydrogen (secondary N) is 1. The molecule has 7 heteroatoms. The molecule has 128 valence electrons. The van der Waals surface area contributed by atoms with E-state index in [0.717, 1.165) is 6.42 Å². The molecule has 2 aromatic rings. The summed E-state index contributed by atoms with van der Waals surface area (Å²) in [6.07, 6.45) is 1.43. The molecule has 0 aromatic heterocycles. The van der Waals surface area contributed by atoms with E-state index in [1.807, 2.05) is 12.1 Å². The molecule has 1 heterocycles. The standard InChI is InChI=1S/C18H17N3O4/c22-17(12-13-7-9-14(10-8-13)21(24)25)19-15-4-1-2-5-16(15)20-11-3-6-18(20)23/h1-2,4-5,7-10H,3,6,11-12H2,(H,19,22). The molecule has 25 heavy (non-hydrogen) atoms. The Morgan fingerprint density at radius 1 is 1.16 bits per heavy atom. The topological polar surface area (TPSA) is 92.5 Å². The van der Waals surface area contributed by atoms with Gasteiger partial charge in [-0.05, 0) is 24.1 Å². The van der Waals surface area contributed by atoms with Crippen molar-refractivity contribution >= 4 is 28.9 Å². The second-order valence-corrected chi connectivity index (χ2v) is 5.81. The number of carbonyl (C=O) groups excluding carboxylic acids is 2. The third-order valence-corrected chi connectivity index (χ3v) is 4.05. The van der Waals surface area contributed by atoms with Crippen LogP contribution < -0.4 is 10.2 Å². The van der Waals surface area contributed by atoms with Crippen LogP contribution in [0.3, 0.4) is 0 Å². The van der Waals surface area contributed by atoms with Crippen LogP contribution in [0.25, 0.3) is 0 Å². The molecule has 1 fully saturated rings. The summed E-state index contributed by atoms with van der Waals surface area (Å²) in [6.45, 7) is 0.647. The highest BCUT2D eigenvalue weighted by Gasteiger charge is 2.24. The molecule has 0 saturated carbocycles. The number of hydrogen-bond donors (Lipinski definition) is 1. The number of nitro groups is 1. The normalized spacial score (nSPS) is 13.8. The quantitative estimate of drug-likeness (QED) is 0.669. The highest BCUT2D eigenvalue weighted by molar-refractivity contribution is 6.02. The van der Waals surface area contributed by atoms with Crippen molar-refractivity contribution in [2.45, 2.75) is 19.3 Å². The number of para-hydroxylation sites is 2. The number of hydrogen-bond acceptors (Lipinski definition) is 4. The summed E-state index contributed by atoms with van der Waals surface area (Å²) >= 11 is 0. The first kappa shape index (κ1) is 16.6. The maximum Gasteiger partial charge on any atom is 0.269 e. The Bertz CT molecular complexity index is 817. The molecule has 1 aliphatic heterocycles. The monoisotopic (exact) mass is 339 g/mol. The van der Waals surface area contributed by atoms with Crippen LogP contribution in [0.15, 0.2) is 48.5 Å². The van der Waals surface area contributed by atoms with Gasteiger partial charge in [0.1, 0.15) is 0 Å². The smallest absolute Gasteiger partial charge is 0.269 e. The van der Waals surface area contributed by atoms with Crippen molar-refractivity contribution in [3.63, 3.8) is 0 Å². The summed E-state index contributed by atoms with van der Waals surface area (Å²) in [5, 5.41) is 13.5. The molecule has 1 N–H and O–H groups in total. The minimum atomic E-state index is -0.479. The lowest BCUT2D eigenvalue weighted by molar-refractivity contribution is -0.384. The number of non-ortho nitro benzene ring substituents is 1. The Hall–Kier alpha value is -3.22. The van der Waals surface area contributed by atoms with Crippen molar-refractivity contribution in [3.8, 4) is 0 Å². The summed E-state index contributed by atoms with van der Waals surface area (Å²) in [4.78, 5) is 36.1. The molecule has 1 saturated heterocycles. The van der Waals surface area contributed by atoms with E-state index in [9.17, 15) is 19.7 Å². The zero-order valence-corrected chi connectivity index (χ0v) is 13.5. The summed E-state index contributed by atoms with van der Waals surface area (Å²) in [5.74, 6) is -0.190. The van der Waals surface area contributed by atoms with Crippen LogP contribution in [0.2, 0.25) is 0 Å². The zero-order valence-electron chi connectivity index (χ0n) is 13.5. The molecule has 0 spiro atoms. The molecule has 2 aromatic carbocycles. The molecule has 3 rings (SSSR count). The number of amides is 2. The summed E-state index contributed by atoms with van der Waals surface area (Å²) < 4.78 is 0. The Morgan fingerprint density at radius 3 is 2.52 bits per heavy atom. The molecule has 0 radical (unpaired) electrons. The first-order chi connectivity index (χ1) is 12.0.